The Kier molecular flexibility index (Phi) is 6.91. The van der Waals surface area contributed by atoms with Crippen molar-refractivity contribution in [1.82, 2.24) is 10.2 Å². The number of nitrogens with zero attached hydrogens (tertiary/aromatic N) is 1. The number of methoxy groups -OCH3 is 1. The summed E-state index contributed by atoms with van der Waals surface area (Å²) in [6.45, 7) is 3.47. The van der Waals surface area contributed by atoms with Crippen molar-refractivity contribution in [3.05, 3.63) is 28.8 Å². The Morgan fingerprint density at radius 3 is 2.67 bits per heavy atom. The highest BCUT2D eigenvalue weighted by molar-refractivity contribution is 6.31. The van der Waals surface area contributed by atoms with Crippen LogP contribution in [0.4, 0.5) is 0 Å². The predicted molar refractivity (Wildman–Crippen MR) is 94.6 cm³/mol. The van der Waals surface area contributed by atoms with E-state index in [0.29, 0.717) is 35.8 Å². The lowest BCUT2D eigenvalue weighted by Crippen LogP contribution is -2.46. The molecule has 1 aromatic carbocycles. The van der Waals surface area contributed by atoms with Crippen molar-refractivity contribution in [2.75, 3.05) is 20.2 Å². The third kappa shape index (κ3) is 4.87. The molecule has 1 N–H and O–H groups in total. The Morgan fingerprint density at radius 1 is 1.33 bits per heavy atom. The maximum Gasteiger partial charge on any atom is 0.255 e. The average Bonchev–Trinajstić information content (AvgIpc) is 2.60. The Hall–Kier alpha value is -1.75. The van der Waals surface area contributed by atoms with E-state index in [0.717, 1.165) is 25.7 Å². The molecular weight excluding hydrogens is 328 g/mol. The van der Waals surface area contributed by atoms with Crippen LogP contribution in [0.3, 0.4) is 0 Å². The standard InChI is InChI=1S/C18H25ClN2O3/c1-3-4-5-17(22)21-10-8-14(9-11-21)20-18(23)15-12-13(19)6-7-16(15)24-2/h6-7,12,14H,3-5,8-11H2,1-2H3,(H,20,23). The minimum absolute atomic E-state index is 0.0661. The van der Waals surface area contributed by atoms with Crippen molar-refractivity contribution in [2.45, 2.75) is 45.1 Å². The summed E-state index contributed by atoms with van der Waals surface area (Å²) in [5, 5.41) is 3.52. The maximum atomic E-state index is 12.5. The lowest BCUT2D eigenvalue weighted by molar-refractivity contribution is -0.132. The fraction of sp³-hybridized carbons (Fsp3) is 0.556. The topological polar surface area (TPSA) is 58.6 Å². The molecule has 1 heterocycles. The molecule has 0 bridgehead atoms. The molecule has 5 nitrogen and oxygen atoms in total. The Morgan fingerprint density at radius 2 is 2.04 bits per heavy atom. The maximum absolute atomic E-state index is 12.5. The minimum Gasteiger partial charge on any atom is -0.496 e. The molecule has 0 spiro atoms. The number of halogens is 1. The third-order valence-electron chi connectivity index (χ3n) is 4.33. The second-order valence-corrected chi connectivity index (χ2v) is 6.51. The molecule has 0 radical (unpaired) electrons. The number of unbranched alkanes of at least 4 members (excludes halogenated alkanes) is 1. The van der Waals surface area contributed by atoms with Crippen LogP contribution in [0, 0.1) is 0 Å². The third-order valence-corrected chi connectivity index (χ3v) is 4.57. The van der Waals surface area contributed by atoms with Crippen molar-refractivity contribution in [1.29, 1.82) is 0 Å². The fourth-order valence-corrected chi connectivity index (χ4v) is 3.05. The van der Waals surface area contributed by atoms with E-state index in [2.05, 4.69) is 12.2 Å². The van der Waals surface area contributed by atoms with Crippen LogP contribution in [0.25, 0.3) is 0 Å². The highest BCUT2D eigenvalue weighted by atomic mass is 35.5. The molecule has 2 amide bonds. The van der Waals surface area contributed by atoms with E-state index in [1.807, 2.05) is 4.90 Å². The molecule has 0 aromatic heterocycles. The second kappa shape index (κ2) is 8.92. The average molecular weight is 353 g/mol. The zero-order valence-electron chi connectivity index (χ0n) is 14.3. The van der Waals surface area contributed by atoms with Gasteiger partial charge in [-0.05, 0) is 37.5 Å². The highest BCUT2D eigenvalue weighted by Gasteiger charge is 2.24. The number of amides is 2. The van der Waals surface area contributed by atoms with Gasteiger partial charge >= 0.3 is 0 Å². The molecule has 0 atom stereocenters. The number of hydrogen-bond donors (Lipinski definition) is 1. The van der Waals surface area contributed by atoms with Crippen molar-refractivity contribution in [3.8, 4) is 5.75 Å². The van der Waals surface area contributed by atoms with E-state index in [1.54, 1.807) is 18.2 Å². The van der Waals surface area contributed by atoms with Gasteiger partial charge < -0.3 is 15.0 Å². The molecule has 1 fully saturated rings. The van der Waals surface area contributed by atoms with Crippen LogP contribution in [-0.4, -0.2) is 43.0 Å². The SMILES string of the molecule is CCCCC(=O)N1CCC(NC(=O)c2cc(Cl)ccc2OC)CC1. The molecule has 0 aliphatic carbocycles. The number of nitrogens with one attached hydrogen (secondary N) is 1. The van der Waals surface area contributed by atoms with Crippen LogP contribution in [0.2, 0.25) is 5.02 Å². The first-order chi connectivity index (χ1) is 11.5. The molecule has 0 saturated carbocycles. The molecule has 1 aromatic rings. The second-order valence-electron chi connectivity index (χ2n) is 6.08. The van der Waals surface area contributed by atoms with E-state index >= 15 is 0 Å². The van der Waals surface area contributed by atoms with Crippen molar-refractivity contribution in [3.63, 3.8) is 0 Å². The molecule has 2 rings (SSSR count). The van der Waals surface area contributed by atoms with Gasteiger partial charge in [0.1, 0.15) is 5.75 Å². The van der Waals surface area contributed by atoms with Gasteiger partial charge in [-0.2, -0.15) is 0 Å². The smallest absolute Gasteiger partial charge is 0.255 e. The number of piperidine rings is 1. The van der Waals surface area contributed by atoms with Gasteiger partial charge in [-0.15, -0.1) is 0 Å². The molecule has 24 heavy (non-hydrogen) atoms. The summed E-state index contributed by atoms with van der Waals surface area (Å²) in [6, 6.07) is 5.06. The number of hydrogen-bond acceptors (Lipinski definition) is 3. The summed E-state index contributed by atoms with van der Waals surface area (Å²) < 4.78 is 5.22. The van der Waals surface area contributed by atoms with Gasteiger partial charge in [0, 0.05) is 30.6 Å². The summed E-state index contributed by atoms with van der Waals surface area (Å²) in [7, 11) is 1.53. The van der Waals surface area contributed by atoms with Crippen LogP contribution < -0.4 is 10.1 Å². The fourth-order valence-electron chi connectivity index (χ4n) is 2.88. The van der Waals surface area contributed by atoms with E-state index in [1.165, 1.54) is 7.11 Å². The van der Waals surface area contributed by atoms with Crippen molar-refractivity contribution < 1.29 is 14.3 Å². The molecule has 0 unspecified atom stereocenters. The van der Waals surface area contributed by atoms with Gasteiger partial charge in [-0.3, -0.25) is 9.59 Å². The van der Waals surface area contributed by atoms with E-state index in [-0.39, 0.29) is 17.9 Å². The summed E-state index contributed by atoms with van der Waals surface area (Å²) in [5.74, 6) is 0.535. The normalized spacial score (nSPS) is 15.2. The largest absolute Gasteiger partial charge is 0.496 e. The summed E-state index contributed by atoms with van der Waals surface area (Å²) in [4.78, 5) is 26.4. The minimum atomic E-state index is -0.190. The first-order valence-corrected chi connectivity index (χ1v) is 8.85. The molecule has 1 aliphatic rings. The Bertz CT molecular complexity index is 584. The Labute approximate surface area is 148 Å². The lowest BCUT2D eigenvalue weighted by Gasteiger charge is -2.32. The number of carbonyl (C=O) groups is 2. The van der Waals surface area contributed by atoms with Crippen molar-refractivity contribution >= 4 is 23.4 Å². The summed E-state index contributed by atoms with van der Waals surface area (Å²) in [6.07, 6.45) is 4.12. The molecule has 1 aliphatic heterocycles. The van der Waals surface area contributed by atoms with Crippen LogP contribution in [0.1, 0.15) is 49.4 Å². The summed E-state index contributed by atoms with van der Waals surface area (Å²) >= 11 is 5.98. The number of rotatable bonds is 6. The first kappa shape index (κ1) is 18.6. The molecule has 6 heteroatoms. The van der Waals surface area contributed by atoms with Crippen LogP contribution >= 0.6 is 11.6 Å². The van der Waals surface area contributed by atoms with Crippen LogP contribution in [0.15, 0.2) is 18.2 Å². The van der Waals surface area contributed by atoms with Gasteiger partial charge in [0.15, 0.2) is 0 Å². The van der Waals surface area contributed by atoms with E-state index in [4.69, 9.17) is 16.3 Å². The summed E-state index contributed by atoms with van der Waals surface area (Å²) in [5.41, 5.74) is 0.437. The predicted octanol–water partition coefficient (Wildman–Crippen LogP) is 3.26. The van der Waals surface area contributed by atoms with Gasteiger partial charge in [-0.25, -0.2) is 0 Å². The van der Waals surface area contributed by atoms with Gasteiger partial charge in [-0.1, -0.05) is 24.9 Å². The van der Waals surface area contributed by atoms with Crippen molar-refractivity contribution in [2.24, 2.45) is 0 Å². The van der Waals surface area contributed by atoms with E-state index in [9.17, 15) is 9.59 Å². The molecular formula is C18H25ClN2O3. The monoisotopic (exact) mass is 352 g/mol. The number of benzene rings is 1. The van der Waals surface area contributed by atoms with Crippen LogP contribution in [-0.2, 0) is 4.79 Å². The van der Waals surface area contributed by atoms with Gasteiger partial charge in [0.2, 0.25) is 5.91 Å². The Balaban J connectivity index is 1.89. The van der Waals surface area contributed by atoms with Gasteiger partial charge in [0.25, 0.3) is 5.91 Å². The molecule has 1 saturated heterocycles. The van der Waals surface area contributed by atoms with E-state index < -0.39 is 0 Å². The lowest BCUT2D eigenvalue weighted by atomic mass is 10.0. The van der Waals surface area contributed by atoms with Crippen LogP contribution in [0.5, 0.6) is 5.75 Å². The zero-order valence-corrected chi connectivity index (χ0v) is 15.1. The number of likely N-dealkylation sites (tertiary alicyclic amines) is 1. The number of ether oxygens (including phenoxy) is 1. The number of carbonyl (C=O) groups excluding carboxylic acids is 2. The van der Waals surface area contributed by atoms with Gasteiger partial charge in [0.05, 0.1) is 12.7 Å². The highest BCUT2D eigenvalue weighted by Crippen LogP contribution is 2.23. The quantitative estimate of drug-likeness (QED) is 0.854. The zero-order chi connectivity index (χ0) is 17.5. The first-order valence-electron chi connectivity index (χ1n) is 8.47. The molecule has 132 valence electrons.